The molecule has 0 bridgehead atoms. The summed E-state index contributed by atoms with van der Waals surface area (Å²) in [6.07, 6.45) is 6.62. The van der Waals surface area contributed by atoms with Crippen LogP contribution in [0.1, 0.15) is 48.6 Å². The van der Waals surface area contributed by atoms with Crippen LogP contribution in [0.3, 0.4) is 0 Å². The van der Waals surface area contributed by atoms with E-state index in [4.69, 9.17) is 0 Å². The predicted molar refractivity (Wildman–Crippen MR) is 81.5 cm³/mol. The smallest absolute Gasteiger partial charge is 0.272 e. The summed E-state index contributed by atoms with van der Waals surface area (Å²) in [6, 6.07) is 1.58. The van der Waals surface area contributed by atoms with Gasteiger partial charge >= 0.3 is 0 Å². The molecule has 1 aromatic rings. The lowest BCUT2D eigenvalue weighted by Gasteiger charge is -2.22. The van der Waals surface area contributed by atoms with Gasteiger partial charge in [-0.1, -0.05) is 0 Å². The van der Waals surface area contributed by atoms with Crippen molar-refractivity contribution in [2.75, 3.05) is 19.6 Å². The van der Waals surface area contributed by atoms with Gasteiger partial charge in [0.1, 0.15) is 11.7 Å². The summed E-state index contributed by atoms with van der Waals surface area (Å²) < 4.78 is 1.86. The van der Waals surface area contributed by atoms with E-state index in [2.05, 4.69) is 21.0 Å². The van der Waals surface area contributed by atoms with Gasteiger partial charge in [0, 0.05) is 19.3 Å². The van der Waals surface area contributed by atoms with E-state index in [0.29, 0.717) is 24.7 Å². The number of nitrogens with one attached hydrogen (secondary N) is 3. The molecule has 0 aromatic carbocycles. The van der Waals surface area contributed by atoms with Crippen LogP contribution in [0.4, 0.5) is 0 Å². The molecule has 120 valence electrons. The van der Waals surface area contributed by atoms with Gasteiger partial charge in [-0.05, 0) is 44.7 Å². The molecule has 22 heavy (non-hydrogen) atoms. The average molecular weight is 305 g/mol. The maximum Gasteiger partial charge on any atom is 0.272 e. The third kappa shape index (κ3) is 3.47. The molecule has 2 aliphatic heterocycles. The van der Waals surface area contributed by atoms with Gasteiger partial charge in [0.2, 0.25) is 5.91 Å². The van der Waals surface area contributed by atoms with Gasteiger partial charge in [-0.2, -0.15) is 5.10 Å². The second-order valence-corrected chi connectivity index (χ2v) is 5.99. The molecular formula is C15H23N5O2. The van der Waals surface area contributed by atoms with Gasteiger partial charge in [-0.15, -0.1) is 0 Å². The van der Waals surface area contributed by atoms with Crippen molar-refractivity contribution in [1.82, 2.24) is 25.7 Å². The fourth-order valence-corrected chi connectivity index (χ4v) is 3.03. The van der Waals surface area contributed by atoms with Crippen LogP contribution in [0.2, 0.25) is 0 Å². The molecule has 3 rings (SSSR count). The molecule has 0 aliphatic carbocycles. The molecule has 3 N–H and O–H groups in total. The first-order valence-electron chi connectivity index (χ1n) is 8.08. The van der Waals surface area contributed by atoms with E-state index in [9.17, 15) is 9.59 Å². The zero-order chi connectivity index (χ0) is 15.4. The van der Waals surface area contributed by atoms with Crippen LogP contribution in [0.15, 0.2) is 12.3 Å². The third-order valence-electron chi connectivity index (χ3n) is 4.33. The lowest BCUT2D eigenvalue weighted by molar-refractivity contribution is -0.122. The van der Waals surface area contributed by atoms with Crippen molar-refractivity contribution in [2.24, 2.45) is 0 Å². The minimum absolute atomic E-state index is 0.0956. The maximum atomic E-state index is 12.3. The number of nitrogens with zero attached hydrogens (tertiary/aromatic N) is 2. The Morgan fingerprint density at radius 3 is 3.00 bits per heavy atom. The highest BCUT2D eigenvalue weighted by Crippen LogP contribution is 2.16. The van der Waals surface area contributed by atoms with Gasteiger partial charge in [-0.3, -0.25) is 14.3 Å². The summed E-state index contributed by atoms with van der Waals surface area (Å²) in [5.41, 5.74) is 0.377. The number of aromatic nitrogens is 2. The molecule has 0 radical (unpaired) electrons. The Kier molecular flexibility index (Phi) is 4.72. The first kappa shape index (κ1) is 15.0. The molecule has 2 amide bonds. The normalized spacial score (nSPS) is 26.1. The second kappa shape index (κ2) is 6.91. The molecule has 0 spiro atoms. The van der Waals surface area contributed by atoms with Crippen LogP contribution in [0.5, 0.6) is 0 Å². The Hall–Kier alpha value is -1.89. The Labute approximate surface area is 129 Å². The molecule has 2 saturated heterocycles. The van der Waals surface area contributed by atoms with E-state index in [-0.39, 0.29) is 11.8 Å². The number of hydrogen-bond donors (Lipinski definition) is 3. The monoisotopic (exact) mass is 305 g/mol. The number of hydrogen-bond acceptors (Lipinski definition) is 4. The second-order valence-electron chi connectivity index (χ2n) is 5.99. The van der Waals surface area contributed by atoms with E-state index < -0.39 is 6.04 Å². The standard InChI is InChI=1S/C15H23N5O2/c21-14-12(5-1-2-8-17-14)18-15(22)13-6-9-20(19-13)11-4-3-7-16-10-11/h6,9,11-12,16H,1-5,7-8,10H2,(H,17,21)(H,18,22)/t11-,12-/m0/s1. The van der Waals surface area contributed by atoms with Crippen LogP contribution < -0.4 is 16.0 Å². The number of carbonyl (C=O) groups is 2. The Morgan fingerprint density at radius 2 is 2.18 bits per heavy atom. The van der Waals surface area contributed by atoms with Crippen LogP contribution >= 0.6 is 0 Å². The van der Waals surface area contributed by atoms with E-state index in [0.717, 1.165) is 38.8 Å². The molecule has 1 aromatic heterocycles. The highest BCUT2D eigenvalue weighted by molar-refractivity contribution is 5.96. The van der Waals surface area contributed by atoms with Gasteiger partial charge in [0.15, 0.2) is 0 Å². The lowest BCUT2D eigenvalue weighted by Crippen LogP contribution is -2.45. The Bertz CT molecular complexity index is 536. The summed E-state index contributed by atoms with van der Waals surface area (Å²) >= 11 is 0. The number of rotatable bonds is 3. The average Bonchev–Trinajstić information content (AvgIpc) is 2.96. The fraction of sp³-hybridized carbons (Fsp3) is 0.667. The van der Waals surface area contributed by atoms with Gasteiger partial charge in [0.25, 0.3) is 5.91 Å². The summed E-state index contributed by atoms with van der Waals surface area (Å²) in [4.78, 5) is 24.2. The molecule has 2 fully saturated rings. The van der Waals surface area contributed by atoms with Crippen LogP contribution in [0, 0.1) is 0 Å². The summed E-state index contributed by atoms with van der Waals surface area (Å²) in [7, 11) is 0. The topological polar surface area (TPSA) is 88.0 Å². The van der Waals surface area contributed by atoms with Crippen LogP contribution in [-0.4, -0.2) is 47.3 Å². The van der Waals surface area contributed by atoms with Crippen molar-refractivity contribution in [3.63, 3.8) is 0 Å². The van der Waals surface area contributed by atoms with Gasteiger partial charge < -0.3 is 16.0 Å². The SMILES string of the molecule is O=C(N[C@H]1CCCCNC1=O)c1ccn([C@H]2CCCNC2)n1. The first-order valence-corrected chi connectivity index (χ1v) is 8.08. The molecule has 7 heteroatoms. The Balaban J connectivity index is 1.62. The summed E-state index contributed by atoms with van der Waals surface area (Å²) in [5.74, 6) is -0.369. The number of piperidine rings is 1. The summed E-state index contributed by atoms with van der Waals surface area (Å²) in [5, 5.41) is 13.3. The zero-order valence-corrected chi connectivity index (χ0v) is 12.7. The van der Waals surface area contributed by atoms with Crippen LogP contribution in [-0.2, 0) is 4.79 Å². The molecule has 3 heterocycles. The van der Waals surface area contributed by atoms with Crippen molar-refractivity contribution in [2.45, 2.75) is 44.2 Å². The zero-order valence-electron chi connectivity index (χ0n) is 12.7. The minimum atomic E-state index is -0.448. The van der Waals surface area contributed by atoms with E-state index in [1.807, 2.05) is 10.9 Å². The molecule has 7 nitrogen and oxygen atoms in total. The maximum absolute atomic E-state index is 12.3. The predicted octanol–water partition coefficient (Wildman–Crippen LogP) is 0.206. The third-order valence-corrected chi connectivity index (χ3v) is 4.33. The van der Waals surface area contributed by atoms with E-state index in [1.165, 1.54) is 0 Å². The van der Waals surface area contributed by atoms with Crippen molar-refractivity contribution in [3.8, 4) is 0 Å². The molecule has 0 saturated carbocycles. The first-order chi connectivity index (χ1) is 10.7. The summed E-state index contributed by atoms with van der Waals surface area (Å²) in [6.45, 7) is 2.62. The molecular weight excluding hydrogens is 282 g/mol. The molecule has 0 unspecified atom stereocenters. The highest BCUT2D eigenvalue weighted by atomic mass is 16.2. The number of carbonyl (C=O) groups excluding carboxylic acids is 2. The van der Waals surface area contributed by atoms with Crippen molar-refractivity contribution < 1.29 is 9.59 Å². The lowest BCUT2D eigenvalue weighted by atomic mass is 10.1. The van der Waals surface area contributed by atoms with E-state index >= 15 is 0 Å². The highest BCUT2D eigenvalue weighted by Gasteiger charge is 2.24. The molecule has 2 aliphatic rings. The van der Waals surface area contributed by atoms with Gasteiger partial charge in [-0.25, -0.2) is 0 Å². The quantitative estimate of drug-likeness (QED) is 0.745. The van der Waals surface area contributed by atoms with E-state index in [1.54, 1.807) is 6.07 Å². The fourth-order valence-electron chi connectivity index (χ4n) is 3.03. The Morgan fingerprint density at radius 1 is 1.27 bits per heavy atom. The molecule has 2 atom stereocenters. The largest absolute Gasteiger partial charge is 0.354 e. The van der Waals surface area contributed by atoms with Gasteiger partial charge in [0.05, 0.1) is 6.04 Å². The van der Waals surface area contributed by atoms with Crippen LogP contribution in [0.25, 0.3) is 0 Å². The van der Waals surface area contributed by atoms with Crippen molar-refractivity contribution in [3.05, 3.63) is 18.0 Å². The number of amides is 2. The van der Waals surface area contributed by atoms with Crippen molar-refractivity contribution in [1.29, 1.82) is 0 Å². The minimum Gasteiger partial charge on any atom is -0.354 e. The van der Waals surface area contributed by atoms with Crippen molar-refractivity contribution >= 4 is 11.8 Å².